The lowest BCUT2D eigenvalue weighted by molar-refractivity contribution is -0.385. The molecule has 2 aromatic rings. The van der Waals surface area contributed by atoms with Crippen molar-refractivity contribution >= 4 is 33.2 Å². The highest BCUT2D eigenvalue weighted by Gasteiger charge is 2.16. The van der Waals surface area contributed by atoms with E-state index in [-0.39, 0.29) is 11.4 Å². The van der Waals surface area contributed by atoms with Crippen molar-refractivity contribution in [3.63, 3.8) is 0 Å². The van der Waals surface area contributed by atoms with Crippen LogP contribution in [0.4, 0.5) is 5.69 Å². The first-order chi connectivity index (χ1) is 8.56. The summed E-state index contributed by atoms with van der Waals surface area (Å²) in [5, 5.41) is 11.2. The van der Waals surface area contributed by atoms with Crippen LogP contribution in [0.3, 0.4) is 0 Å². The van der Waals surface area contributed by atoms with Crippen LogP contribution in [0, 0.1) is 10.1 Å². The highest BCUT2D eigenvalue weighted by Crippen LogP contribution is 2.33. The lowest BCUT2D eigenvalue weighted by atomic mass is 10.3. The molecule has 18 heavy (non-hydrogen) atoms. The molecule has 0 saturated heterocycles. The number of nitro benzene ring substituents is 1. The predicted octanol–water partition coefficient (Wildman–Crippen LogP) is 4.80. The molecule has 0 heterocycles. The Kier molecular flexibility index (Phi) is 3.84. The van der Waals surface area contributed by atoms with E-state index < -0.39 is 4.92 Å². The fourth-order valence-electron chi connectivity index (χ4n) is 1.35. The molecular formula is C12H7BrClNO3. The van der Waals surface area contributed by atoms with E-state index in [0.29, 0.717) is 10.8 Å². The Morgan fingerprint density at radius 1 is 1.17 bits per heavy atom. The molecule has 0 aliphatic heterocycles. The normalized spacial score (nSPS) is 10.1. The van der Waals surface area contributed by atoms with E-state index in [2.05, 4.69) is 15.9 Å². The monoisotopic (exact) mass is 327 g/mol. The largest absolute Gasteiger partial charge is 0.450 e. The van der Waals surface area contributed by atoms with Gasteiger partial charge in [-0.05, 0) is 36.4 Å². The van der Waals surface area contributed by atoms with Crippen molar-refractivity contribution in [1.82, 2.24) is 0 Å². The molecule has 0 amide bonds. The third kappa shape index (κ3) is 3.00. The topological polar surface area (TPSA) is 52.4 Å². The van der Waals surface area contributed by atoms with Gasteiger partial charge < -0.3 is 4.74 Å². The molecule has 6 heteroatoms. The van der Waals surface area contributed by atoms with Crippen LogP contribution >= 0.6 is 27.5 Å². The van der Waals surface area contributed by atoms with Gasteiger partial charge in [-0.15, -0.1) is 0 Å². The van der Waals surface area contributed by atoms with E-state index in [9.17, 15) is 10.1 Å². The smallest absolute Gasteiger partial charge is 0.313 e. The summed E-state index contributed by atoms with van der Waals surface area (Å²) < 4.78 is 6.36. The first kappa shape index (κ1) is 12.9. The summed E-state index contributed by atoms with van der Waals surface area (Å²) in [6, 6.07) is 11.3. The Morgan fingerprint density at radius 3 is 2.44 bits per heavy atom. The van der Waals surface area contributed by atoms with Gasteiger partial charge in [-0.1, -0.05) is 27.5 Å². The van der Waals surface area contributed by atoms with Gasteiger partial charge in [-0.25, -0.2) is 0 Å². The number of nitrogens with zero attached hydrogens (tertiary/aromatic N) is 1. The zero-order valence-electron chi connectivity index (χ0n) is 8.97. The molecule has 0 aromatic heterocycles. The van der Waals surface area contributed by atoms with Gasteiger partial charge in [0.25, 0.3) is 0 Å². The number of nitro groups is 1. The zero-order valence-corrected chi connectivity index (χ0v) is 11.3. The van der Waals surface area contributed by atoms with Gasteiger partial charge in [0.05, 0.1) is 4.92 Å². The molecule has 0 N–H and O–H groups in total. The summed E-state index contributed by atoms with van der Waals surface area (Å²) in [6.45, 7) is 0. The third-order valence-corrected chi connectivity index (χ3v) is 2.92. The van der Waals surface area contributed by atoms with Crippen LogP contribution in [0.2, 0.25) is 5.02 Å². The molecule has 92 valence electrons. The maximum atomic E-state index is 10.9. The van der Waals surface area contributed by atoms with Crippen LogP contribution in [-0.2, 0) is 0 Å². The molecular weight excluding hydrogens is 321 g/mol. The van der Waals surface area contributed by atoms with Crippen molar-refractivity contribution in [1.29, 1.82) is 0 Å². The van der Waals surface area contributed by atoms with Crippen molar-refractivity contribution in [2.75, 3.05) is 0 Å². The lowest BCUT2D eigenvalue weighted by Gasteiger charge is -2.06. The molecule has 0 atom stereocenters. The van der Waals surface area contributed by atoms with Crippen LogP contribution < -0.4 is 4.74 Å². The van der Waals surface area contributed by atoms with Crippen molar-refractivity contribution in [2.24, 2.45) is 0 Å². The third-order valence-electron chi connectivity index (χ3n) is 2.16. The van der Waals surface area contributed by atoms with E-state index in [4.69, 9.17) is 16.3 Å². The lowest BCUT2D eigenvalue weighted by Crippen LogP contribution is -1.93. The van der Waals surface area contributed by atoms with Gasteiger partial charge in [0.1, 0.15) is 5.75 Å². The average molecular weight is 329 g/mol. The highest BCUT2D eigenvalue weighted by molar-refractivity contribution is 9.10. The van der Waals surface area contributed by atoms with E-state index in [1.165, 1.54) is 12.1 Å². The molecule has 0 fully saturated rings. The Labute approximate surface area is 116 Å². The SMILES string of the molecule is O=[N+]([O-])c1cc(Cl)ccc1Oc1ccc(Br)cc1. The number of benzene rings is 2. The van der Waals surface area contributed by atoms with Gasteiger partial charge in [-0.3, -0.25) is 10.1 Å². The van der Waals surface area contributed by atoms with Crippen molar-refractivity contribution in [3.8, 4) is 11.5 Å². The minimum Gasteiger partial charge on any atom is -0.450 e. The first-order valence-electron chi connectivity index (χ1n) is 4.93. The van der Waals surface area contributed by atoms with E-state index in [1.807, 2.05) is 0 Å². The van der Waals surface area contributed by atoms with E-state index >= 15 is 0 Å². The fourth-order valence-corrected chi connectivity index (χ4v) is 1.78. The van der Waals surface area contributed by atoms with Crippen molar-refractivity contribution < 1.29 is 9.66 Å². The van der Waals surface area contributed by atoms with Crippen molar-refractivity contribution in [3.05, 3.63) is 62.1 Å². The summed E-state index contributed by atoms with van der Waals surface area (Å²) in [7, 11) is 0. The van der Waals surface area contributed by atoms with E-state index in [1.54, 1.807) is 30.3 Å². The Morgan fingerprint density at radius 2 is 1.83 bits per heavy atom. The molecule has 0 bridgehead atoms. The summed E-state index contributed by atoms with van der Waals surface area (Å²) in [5.41, 5.74) is -0.162. The molecule has 0 saturated carbocycles. The molecule has 0 spiro atoms. The number of hydrogen-bond donors (Lipinski definition) is 0. The second kappa shape index (κ2) is 5.37. The fraction of sp³-hybridized carbons (Fsp3) is 0. The molecule has 2 rings (SSSR count). The molecule has 0 aliphatic rings. The zero-order chi connectivity index (χ0) is 13.1. The second-order valence-corrected chi connectivity index (χ2v) is 4.78. The van der Waals surface area contributed by atoms with Crippen LogP contribution in [0.1, 0.15) is 0 Å². The number of halogens is 2. The summed E-state index contributed by atoms with van der Waals surface area (Å²) in [5.74, 6) is 0.676. The predicted molar refractivity (Wildman–Crippen MR) is 72.3 cm³/mol. The summed E-state index contributed by atoms with van der Waals surface area (Å²) >= 11 is 9.02. The van der Waals surface area contributed by atoms with Crippen LogP contribution in [0.25, 0.3) is 0 Å². The maximum Gasteiger partial charge on any atom is 0.313 e. The van der Waals surface area contributed by atoms with Gasteiger partial charge in [-0.2, -0.15) is 0 Å². The molecule has 2 aromatic carbocycles. The Bertz CT molecular complexity index is 586. The first-order valence-corrected chi connectivity index (χ1v) is 6.11. The summed E-state index contributed by atoms with van der Waals surface area (Å²) in [6.07, 6.45) is 0. The standard InChI is InChI=1S/C12H7BrClNO3/c13-8-1-4-10(5-2-8)18-12-6-3-9(14)7-11(12)15(16)17/h1-7H. The van der Waals surface area contributed by atoms with Gasteiger partial charge >= 0.3 is 5.69 Å². The van der Waals surface area contributed by atoms with E-state index in [0.717, 1.165) is 4.47 Å². The molecule has 0 radical (unpaired) electrons. The van der Waals surface area contributed by atoms with Gasteiger partial charge in [0.15, 0.2) is 0 Å². The minimum absolute atomic E-state index is 0.159. The Balaban J connectivity index is 2.34. The Hall–Kier alpha value is -1.59. The number of hydrogen-bond acceptors (Lipinski definition) is 3. The van der Waals surface area contributed by atoms with Gasteiger partial charge in [0.2, 0.25) is 5.75 Å². The second-order valence-electron chi connectivity index (χ2n) is 3.43. The van der Waals surface area contributed by atoms with Gasteiger partial charge in [0, 0.05) is 15.6 Å². The molecule has 0 unspecified atom stereocenters. The maximum absolute atomic E-state index is 10.9. The molecule has 0 aliphatic carbocycles. The number of ether oxygens (including phenoxy) is 1. The number of rotatable bonds is 3. The average Bonchev–Trinajstić information content (AvgIpc) is 2.34. The summed E-state index contributed by atoms with van der Waals surface area (Å²) in [4.78, 5) is 10.4. The van der Waals surface area contributed by atoms with Crippen LogP contribution in [0.15, 0.2) is 46.9 Å². The van der Waals surface area contributed by atoms with Crippen LogP contribution in [-0.4, -0.2) is 4.92 Å². The quantitative estimate of drug-likeness (QED) is 0.600. The highest BCUT2D eigenvalue weighted by atomic mass is 79.9. The minimum atomic E-state index is -0.528. The molecule has 4 nitrogen and oxygen atoms in total. The van der Waals surface area contributed by atoms with Crippen LogP contribution in [0.5, 0.6) is 11.5 Å². The van der Waals surface area contributed by atoms with Crippen molar-refractivity contribution in [2.45, 2.75) is 0 Å².